The van der Waals surface area contributed by atoms with Crippen LogP contribution in [0.3, 0.4) is 0 Å². The maximum atomic E-state index is 13.5. The molecule has 0 aliphatic carbocycles. The van der Waals surface area contributed by atoms with Crippen molar-refractivity contribution in [3.05, 3.63) is 12.2 Å². The van der Waals surface area contributed by atoms with Gasteiger partial charge in [0.25, 0.3) is 0 Å². The van der Waals surface area contributed by atoms with Crippen molar-refractivity contribution in [1.29, 1.82) is 0 Å². The van der Waals surface area contributed by atoms with Crippen molar-refractivity contribution in [2.24, 2.45) is 11.8 Å². The summed E-state index contributed by atoms with van der Waals surface area (Å²) >= 11 is 0. The van der Waals surface area contributed by atoms with E-state index >= 15 is 0 Å². The maximum absolute atomic E-state index is 13.5. The number of hydrogen-bond donors (Lipinski definition) is 5. The molecule has 0 unspecified atom stereocenters. The summed E-state index contributed by atoms with van der Waals surface area (Å²) < 4.78 is 15.4. The summed E-state index contributed by atoms with van der Waals surface area (Å²) in [7, 11) is 0. The third kappa shape index (κ3) is 16.1. The number of amides is 5. The molecule has 44 heavy (non-hydrogen) atoms. The highest BCUT2D eigenvalue weighted by molar-refractivity contribution is 5.92. The van der Waals surface area contributed by atoms with Crippen LogP contribution in [-0.2, 0) is 33.4 Å². The fourth-order valence-corrected chi connectivity index (χ4v) is 4.16. The van der Waals surface area contributed by atoms with Gasteiger partial charge in [0.2, 0.25) is 17.7 Å². The first-order chi connectivity index (χ1) is 20.3. The molecule has 1 fully saturated rings. The molecule has 1 heterocycles. The lowest BCUT2D eigenvalue weighted by molar-refractivity contribution is -0.137. The van der Waals surface area contributed by atoms with Crippen LogP contribution in [0, 0.1) is 11.8 Å². The van der Waals surface area contributed by atoms with Crippen LogP contribution in [0.1, 0.15) is 81.6 Å². The summed E-state index contributed by atoms with van der Waals surface area (Å²) in [4.78, 5) is 76.0. The third-order valence-electron chi connectivity index (χ3n) is 5.98. The van der Waals surface area contributed by atoms with E-state index in [2.05, 4.69) is 26.6 Å². The minimum Gasteiger partial charge on any atom is -0.463 e. The quantitative estimate of drug-likeness (QED) is 0.109. The zero-order valence-corrected chi connectivity index (χ0v) is 27.5. The summed E-state index contributed by atoms with van der Waals surface area (Å²) in [5.74, 6) is -2.44. The molecule has 250 valence electrons. The number of alkyl carbamates (subject to hydrolysis) is 2. The van der Waals surface area contributed by atoms with Crippen molar-refractivity contribution in [1.82, 2.24) is 26.6 Å². The van der Waals surface area contributed by atoms with Crippen molar-refractivity contribution in [2.45, 2.75) is 111 Å². The van der Waals surface area contributed by atoms with E-state index in [0.717, 1.165) is 0 Å². The van der Waals surface area contributed by atoms with Crippen molar-refractivity contribution < 1.29 is 43.0 Å². The molecule has 1 rings (SSSR count). The number of ether oxygens (including phenoxy) is 3. The van der Waals surface area contributed by atoms with Crippen LogP contribution >= 0.6 is 0 Å². The molecular formula is C30H51N5O9. The number of rotatable bonds is 14. The number of nitrogens with one attached hydrogen (secondary N) is 5. The normalized spacial score (nSPS) is 17.2. The highest BCUT2D eigenvalue weighted by Crippen LogP contribution is 2.17. The molecule has 5 N–H and O–H groups in total. The number of carbonyl (C=O) groups excluding carboxylic acids is 6. The number of carbonyl (C=O) groups is 6. The van der Waals surface area contributed by atoms with E-state index in [0.29, 0.717) is 13.0 Å². The van der Waals surface area contributed by atoms with E-state index in [-0.39, 0.29) is 43.7 Å². The Morgan fingerprint density at radius 2 is 1.50 bits per heavy atom. The molecule has 5 amide bonds. The lowest BCUT2D eigenvalue weighted by atomic mass is 9.97. The number of hydrogen-bond acceptors (Lipinski definition) is 9. The van der Waals surface area contributed by atoms with Gasteiger partial charge in [-0.3, -0.25) is 14.4 Å². The van der Waals surface area contributed by atoms with Gasteiger partial charge >= 0.3 is 18.2 Å². The van der Waals surface area contributed by atoms with Gasteiger partial charge in [-0.25, -0.2) is 14.4 Å². The minimum absolute atomic E-state index is 0.0302. The fraction of sp³-hybridized carbons (Fsp3) is 0.733. The standard InChI is InChI=1S/C30H51N5O9/c1-10-42-23(36)12-11-20(16-19-13-14-31-24(19)37)33-25(38)21(15-18(2)3)34-26(39)22(35-28(41)44-30(7,8)9)17-32-27(40)43-29(4,5)6/h11-12,18-22H,10,13-17H2,1-9H3,(H,31,37)(H,32,40)(H,33,38)(H,34,39)(H,35,41)/t19-,20+,21-,22-/m0/s1. The van der Waals surface area contributed by atoms with E-state index in [1.807, 2.05) is 13.8 Å². The topological polar surface area (TPSA) is 190 Å². The van der Waals surface area contributed by atoms with E-state index in [1.165, 1.54) is 12.2 Å². The Labute approximate surface area is 260 Å². The van der Waals surface area contributed by atoms with Gasteiger partial charge in [-0.05, 0) is 73.6 Å². The van der Waals surface area contributed by atoms with E-state index in [1.54, 1.807) is 48.5 Å². The highest BCUT2D eigenvalue weighted by atomic mass is 16.6. The Hall–Kier alpha value is -3.84. The lowest BCUT2D eigenvalue weighted by Gasteiger charge is -2.27. The first-order valence-corrected chi connectivity index (χ1v) is 15.0. The first kappa shape index (κ1) is 38.2. The molecule has 14 heteroatoms. The Balaban J connectivity index is 3.16. The van der Waals surface area contributed by atoms with Gasteiger partial charge in [-0.1, -0.05) is 19.9 Å². The Morgan fingerprint density at radius 3 is 2.02 bits per heavy atom. The second-order valence-corrected chi connectivity index (χ2v) is 13.0. The average Bonchev–Trinajstić information content (AvgIpc) is 3.26. The fourth-order valence-electron chi connectivity index (χ4n) is 4.16. The van der Waals surface area contributed by atoms with Gasteiger partial charge < -0.3 is 40.8 Å². The summed E-state index contributed by atoms with van der Waals surface area (Å²) in [6.45, 7) is 15.8. The Morgan fingerprint density at radius 1 is 0.909 bits per heavy atom. The molecule has 0 bridgehead atoms. The van der Waals surface area contributed by atoms with Gasteiger partial charge in [0.05, 0.1) is 13.2 Å². The molecular weight excluding hydrogens is 574 g/mol. The molecule has 1 aliphatic heterocycles. The molecule has 0 aromatic heterocycles. The van der Waals surface area contributed by atoms with Crippen LogP contribution in [0.5, 0.6) is 0 Å². The van der Waals surface area contributed by atoms with E-state index < -0.39 is 59.3 Å². The first-order valence-electron chi connectivity index (χ1n) is 15.0. The van der Waals surface area contributed by atoms with Gasteiger partial charge in [-0.2, -0.15) is 0 Å². The van der Waals surface area contributed by atoms with E-state index in [9.17, 15) is 28.8 Å². The predicted octanol–water partition coefficient (Wildman–Crippen LogP) is 2.07. The molecule has 1 saturated heterocycles. The summed E-state index contributed by atoms with van der Waals surface area (Å²) in [5.41, 5.74) is -1.65. The smallest absolute Gasteiger partial charge is 0.408 e. The van der Waals surface area contributed by atoms with Crippen LogP contribution in [0.15, 0.2) is 12.2 Å². The van der Waals surface area contributed by atoms with Crippen LogP contribution in [0.25, 0.3) is 0 Å². The molecule has 0 saturated carbocycles. The van der Waals surface area contributed by atoms with Gasteiger partial charge in [0.15, 0.2) is 0 Å². The SMILES string of the molecule is CCOC(=O)C=C[C@H](C[C@@H]1CCNC1=O)NC(=O)[C@H](CC(C)C)NC(=O)[C@H](CNC(=O)OC(C)(C)C)NC(=O)OC(C)(C)C. The highest BCUT2D eigenvalue weighted by Gasteiger charge is 2.32. The summed E-state index contributed by atoms with van der Waals surface area (Å²) in [6.07, 6.45) is 2.01. The van der Waals surface area contributed by atoms with Crippen LogP contribution < -0.4 is 26.6 Å². The monoisotopic (exact) mass is 625 g/mol. The molecule has 14 nitrogen and oxygen atoms in total. The van der Waals surface area contributed by atoms with Crippen molar-refractivity contribution in [2.75, 3.05) is 19.7 Å². The lowest BCUT2D eigenvalue weighted by Crippen LogP contribution is -2.58. The molecule has 0 radical (unpaired) electrons. The Bertz CT molecular complexity index is 1050. The van der Waals surface area contributed by atoms with Gasteiger partial charge in [-0.15, -0.1) is 0 Å². The summed E-state index contributed by atoms with van der Waals surface area (Å²) in [6, 6.07) is -3.08. The van der Waals surface area contributed by atoms with Crippen molar-refractivity contribution >= 4 is 35.9 Å². The summed E-state index contributed by atoms with van der Waals surface area (Å²) in [5, 5.41) is 13.2. The average molecular weight is 626 g/mol. The van der Waals surface area contributed by atoms with Crippen LogP contribution in [0.4, 0.5) is 9.59 Å². The van der Waals surface area contributed by atoms with Gasteiger partial charge in [0.1, 0.15) is 23.3 Å². The number of esters is 1. The van der Waals surface area contributed by atoms with Crippen molar-refractivity contribution in [3.63, 3.8) is 0 Å². The second-order valence-electron chi connectivity index (χ2n) is 13.0. The third-order valence-corrected chi connectivity index (χ3v) is 5.98. The Kier molecular flexibility index (Phi) is 15.1. The van der Waals surface area contributed by atoms with Crippen LogP contribution in [0.2, 0.25) is 0 Å². The zero-order valence-electron chi connectivity index (χ0n) is 27.5. The largest absolute Gasteiger partial charge is 0.463 e. The second kappa shape index (κ2) is 17.5. The van der Waals surface area contributed by atoms with E-state index in [4.69, 9.17) is 14.2 Å². The molecule has 0 aromatic rings. The zero-order chi connectivity index (χ0) is 33.7. The molecule has 0 aromatic carbocycles. The van der Waals surface area contributed by atoms with Crippen molar-refractivity contribution in [3.8, 4) is 0 Å². The molecule has 4 atom stereocenters. The predicted molar refractivity (Wildman–Crippen MR) is 162 cm³/mol. The minimum atomic E-state index is -1.32. The van der Waals surface area contributed by atoms with Gasteiger partial charge in [0, 0.05) is 24.6 Å². The molecule has 1 aliphatic rings. The van der Waals surface area contributed by atoms with Crippen LogP contribution in [-0.4, -0.2) is 84.9 Å². The maximum Gasteiger partial charge on any atom is 0.408 e. The molecule has 0 spiro atoms.